The van der Waals surface area contributed by atoms with Crippen molar-refractivity contribution in [3.8, 4) is 0 Å². The van der Waals surface area contributed by atoms with Crippen LogP contribution < -0.4 is 11.1 Å². The number of nitrogens with one attached hydrogen (secondary N) is 2. The molecule has 5 heteroatoms. The molecular weight excluding hydrogens is 228 g/mol. The summed E-state index contributed by atoms with van der Waals surface area (Å²) >= 11 is 0. The lowest BCUT2D eigenvalue weighted by Gasteiger charge is -2.30. The lowest BCUT2D eigenvalue weighted by atomic mass is 9.83. The summed E-state index contributed by atoms with van der Waals surface area (Å²) in [6.07, 6.45) is 8.79. The van der Waals surface area contributed by atoms with Crippen molar-refractivity contribution in [2.45, 2.75) is 51.5 Å². The lowest BCUT2D eigenvalue weighted by Crippen LogP contribution is -2.40. The van der Waals surface area contributed by atoms with Gasteiger partial charge < -0.3 is 11.1 Å². The first-order chi connectivity index (χ1) is 8.72. The summed E-state index contributed by atoms with van der Waals surface area (Å²) in [5, 5.41) is 9.47. The summed E-state index contributed by atoms with van der Waals surface area (Å²) in [5.74, 6) is 0.838. The molecule has 1 saturated carbocycles. The van der Waals surface area contributed by atoms with Crippen molar-refractivity contribution in [2.75, 3.05) is 5.73 Å². The van der Waals surface area contributed by atoms with E-state index in [-0.39, 0.29) is 11.9 Å². The topological polar surface area (TPSA) is 83.8 Å². The molecule has 1 amide bonds. The molecule has 0 aromatic carbocycles. The van der Waals surface area contributed by atoms with Gasteiger partial charge in [0.2, 0.25) is 0 Å². The quantitative estimate of drug-likeness (QED) is 0.765. The Morgan fingerprint density at radius 2 is 2.28 bits per heavy atom. The maximum Gasteiger partial charge on any atom is 0.256 e. The van der Waals surface area contributed by atoms with Crippen LogP contribution in [0.3, 0.4) is 0 Å². The summed E-state index contributed by atoms with van der Waals surface area (Å²) in [7, 11) is 0. The molecule has 1 fully saturated rings. The van der Waals surface area contributed by atoms with Crippen molar-refractivity contribution < 1.29 is 4.79 Å². The number of nitrogens with two attached hydrogens (primary N) is 1. The zero-order valence-corrected chi connectivity index (χ0v) is 10.9. The van der Waals surface area contributed by atoms with Gasteiger partial charge in [0.25, 0.3) is 5.91 Å². The number of hydrogen-bond donors (Lipinski definition) is 3. The molecule has 0 saturated heterocycles. The third kappa shape index (κ3) is 2.83. The number of hydrogen-bond acceptors (Lipinski definition) is 3. The molecule has 5 nitrogen and oxygen atoms in total. The number of aromatic nitrogens is 2. The van der Waals surface area contributed by atoms with E-state index >= 15 is 0 Å². The molecule has 100 valence electrons. The molecule has 1 aromatic heterocycles. The number of H-pyrrole nitrogens is 1. The number of carbonyl (C=O) groups excluding carboxylic acids is 1. The third-order valence-corrected chi connectivity index (χ3v) is 3.89. The number of carbonyl (C=O) groups is 1. The number of nitrogens with zero attached hydrogens (tertiary/aromatic N) is 1. The third-order valence-electron chi connectivity index (χ3n) is 3.89. The number of nitrogen functional groups attached to an aromatic ring is 1. The Balaban J connectivity index is 1.97. The van der Waals surface area contributed by atoms with Gasteiger partial charge in [-0.05, 0) is 25.2 Å². The molecule has 1 unspecified atom stereocenters. The minimum Gasteiger partial charge on any atom is -0.383 e. The largest absolute Gasteiger partial charge is 0.383 e. The smallest absolute Gasteiger partial charge is 0.256 e. The van der Waals surface area contributed by atoms with Gasteiger partial charge in [0.1, 0.15) is 11.4 Å². The molecule has 1 heterocycles. The van der Waals surface area contributed by atoms with Gasteiger partial charge in [-0.2, -0.15) is 5.10 Å². The molecule has 1 aliphatic rings. The van der Waals surface area contributed by atoms with Gasteiger partial charge in [0.15, 0.2) is 0 Å². The Hall–Kier alpha value is -1.52. The summed E-state index contributed by atoms with van der Waals surface area (Å²) < 4.78 is 0. The van der Waals surface area contributed by atoms with E-state index in [0.29, 0.717) is 17.3 Å². The second-order valence-electron chi connectivity index (χ2n) is 5.08. The van der Waals surface area contributed by atoms with E-state index in [1.54, 1.807) is 0 Å². The average Bonchev–Trinajstić information content (AvgIpc) is 2.83. The number of aromatic amines is 1. The molecule has 18 heavy (non-hydrogen) atoms. The molecular formula is C13H22N4O. The molecule has 4 N–H and O–H groups in total. The van der Waals surface area contributed by atoms with Crippen LogP contribution in [0.25, 0.3) is 0 Å². The monoisotopic (exact) mass is 250 g/mol. The molecule has 1 aromatic rings. The van der Waals surface area contributed by atoms with Gasteiger partial charge in [-0.1, -0.05) is 26.2 Å². The predicted molar refractivity (Wildman–Crippen MR) is 71.1 cm³/mol. The second-order valence-corrected chi connectivity index (χ2v) is 5.08. The first-order valence-corrected chi connectivity index (χ1v) is 6.82. The van der Waals surface area contributed by atoms with Gasteiger partial charge in [0, 0.05) is 6.04 Å². The Morgan fingerprint density at radius 1 is 1.56 bits per heavy atom. The number of amides is 1. The predicted octanol–water partition coefficient (Wildman–Crippen LogP) is 2.08. The minimum atomic E-state index is -0.112. The standard InChI is InChI=1S/C13H22N4O/c1-2-11(9-6-4-3-5-7-9)16-13(18)10-8-15-17-12(10)14/h8-9,11H,2-7H2,1H3,(H,16,18)(H3,14,15,17). The lowest BCUT2D eigenvalue weighted by molar-refractivity contribution is 0.0912. The van der Waals surface area contributed by atoms with E-state index in [1.165, 1.54) is 38.3 Å². The highest BCUT2D eigenvalue weighted by molar-refractivity contribution is 5.98. The molecule has 1 aliphatic carbocycles. The van der Waals surface area contributed by atoms with Crippen LogP contribution in [-0.2, 0) is 0 Å². The van der Waals surface area contributed by atoms with E-state index in [0.717, 1.165) is 6.42 Å². The molecule has 0 bridgehead atoms. The molecule has 0 spiro atoms. The van der Waals surface area contributed by atoms with Crippen LogP contribution in [-0.4, -0.2) is 22.1 Å². The summed E-state index contributed by atoms with van der Waals surface area (Å²) in [6, 6.07) is 0.257. The van der Waals surface area contributed by atoms with Crippen molar-refractivity contribution in [3.05, 3.63) is 11.8 Å². The van der Waals surface area contributed by atoms with Gasteiger partial charge in [-0.3, -0.25) is 9.89 Å². The summed E-state index contributed by atoms with van der Waals surface area (Å²) in [4.78, 5) is 12.1. The highest BCUT2D eigenvalue weighted by atomic mass is 16.1. The Kier molecular flexibility index (Phi) is 4.23. The first-order valence-electron chi connectivity index (χ1n) is 6.82. The van der Waals surface area contributed by atoms with Crippen LogP contribution >= 0.6 is 0 Å². The molecule has 0 radical (unpaired) electrons. The highest BCUT2D eigenvalue weighted by Gasteiger charge is 2.24. The zero-order chi connectivity index (χ0) is 13.0. The van der Waals surface area contributed by atoms with E-state index in [1.807, 2.05) is 0 Å². The minimum absolute atomic E-state index is 0.112. The van der Waals surface area contributed by atoms with Crippen molar-refractivity contribution in [1.29, 1.82) is 0 Å². The Bertz CT molecular complexity index is 395. The van der Waals surface area contributed by atoms with Crippen LogP contribution in [0, 0.1) is 5.92 Å². The highest BCUT2D eigenvalue weighted by Crippen LogP contribution is 2.27. The van der Waals surface area contributed by atoms with E-state index in [2.05, 4.69) is 22.4 Å². The maximum atomic E-state index is 12.1. The molecule has 1 atom stereocenters. The van der Waals surface area contributed by atoms with Gasteiger partial charge in [-0.25, -0.2) is 0 Å². The number of anilines is 1. The fourth-order valence-electron chi connectivity index (χ4n) is 2.81. The SMILES string of the molecule is CCC(NC(=O)c1cn[nH]c1N)C1CCCCC1. The average molecular weight is 250 g/mol. The summed E-state index contributed by atoms with van der Waals surface area (Å²) in [5.41, 5.74) is 6.11. The van der Waals surface area contributed by atoms with Crippen molar-refractivity contribution in [1.82, 2.24) is 15.5 Å². The van der Waals surface area contributed by atoms with Crippen LogP contribution in [0.15, 0.2) is 6.20 Å². The molecule has 0 aliphatic heterocycles. The first kappa shape index (κ1) is 12.9. The van der Waals surface area contributed by atoms with Gasteiger partial charge in [0.05, 0.1) is 6.20 Å². The fraction of sp³-hybridized carbons (Fsp3) is 0.692. The normalized spacial score (nSPS) is 18.5. The number of rotatable bonds is 4. The molecule has 2 rings (SSSR count). The van der Waals surface area contributed by atoms with E-state index in [4.69, 9.17) is 5.73 Å². The van der Waals surface area contributed by atoms with Crippen LogP contribution in [0.2, 0.25) is 0 Å². The van der Waals surface area contributed by atoms with Gasteiger partial charge in [-0.15, -0.1) is 0 Å². The van der Waals surface area contributed by atoms with Crippen LogP contribution in [0.5, 0.6) is 0 Å². The van der Waals surface area contributed by atoms with E-state index in [9.17, 15) is 4.79 Å². The van der Waals surface area contributed by atoms with E-state index < -0.39 is 0 Å². The van der Waals surface area contributed by atoms with Gasteiger partial charge >= 0.3 is 0 Å². The maximum absolute atomic E-state index is 12.1. The fourth-order valence-corrected chi connectivity index (χ4v) is 2.81. The van der Waals surface area contributed by atoms with Crippen LogP contribution in [0.4, 0.5) is 5.82 Å². The Labute approximate surface area is 108 Å². The van der Waals surface area contributed by atoms with Crippen molar-refractivity contribution in [3.63, 3.8) is 0 Å². The second kappa shape index (κ2) is 5.89. The van der Waals surface area contributed by atoms with Crippen molar-refractivity contribution in [2.24, 2.45) is 5.92 Å². The van der Waals surface area contributed by atoms with Crippen molar-refractivity contribution >= 4 is 11.7 Å². The zero-order valence-electron chi connectivity index (χ0n) is 10.9. The van der Waals surface area contributed by atoms with Crippen LogP contribution in [0.1, 0.15) is 55.8 Å². The Morgan fingerprint density at radius 3 is 2.83 bits per heavy atom. The summed E-state index contributed by atoms with van der Waals surface area (Å²) in [6.45, 7) is 2.12.